The van der Waals surface area contributed by atoms with E-state index in [1.54, 1.807) is 18.2 Å². The monoisotopic (exact) mass is 250 g/mol. The maximum atomic E-state index is 11.7. The summed E-state index contributed by atoms with van der Waals surface area (Å²) in [7, 11) is 0. The summed E-state index contributed by atoms with van der Waals surface area (Å²) in [6, 6.07) is 5.04. The van der Waals surface area contributed by atoms with E-state index in [-0.39, 0.29) is 6.61 Å². The zero-order valence-corrected chi connectivity index (χ0v) is 9.31. The molecule has 0 aliphatic carbocycles. The zero-order chi connectivity index (χ0) is 12.0. The second-order valence-corrected chi connectivity index (χ2v) is 3.54. The fraction of sp³-hybridized carbons (Fsp3) is 0.400. The molecule has 1 aromatic rings. The quantitative estimate of drug-likeness (QED) is 0.603. The van der Waals surface area contributed by atoms with Crippen molar-refractivity contribution < 1.29 is 13.5 Å². The van der Waals surface area contributed by atoms with E-state index in [4.69, 9.17) is 22.1 Å². The van der Waals surface area contributed by atoms with Crippen LogP contribution >= 0.6 is 11.6 Å². The Bertz CT molecular complexity index is 337. The Kier molecular flexibility index (Phi) is 5.28. The maximum Gasteiger partial charge on any atom is 0.261 e. The van der Waals surface area contributed by atoms with E-state index in [0.717, 1.165) is 0 Å². The number of rotatable bonds is 6. The minimum atomic E-state index is -2.43. The van der Waals surface area contributed by atoms with Crippen LogP contribution in [-0.4, -0.2) is 26.2 Å². The molecule has 0 aliphatic rings. The predicted molar refractivity (Wildman–Crippen MR) is 61.2 cm³/mol. The molecule has 1 rings (SSSR count). The molecule has 0 amide bonds. The van der Waals surface area contributed by atoms with Crippen LogP contribution in [0.3, 0.4) is 0 Å². The normalized spacial score (nSPS) is 10.8. The fourth-order valence-corrected chi connectivity index (χ4v) is 1.36. The van der Waals surface area contributed by atoms with E-state index >= 15 is 0 Å². The van der Waals surface area contributed by atoms with Gasteiger partial charge in [-0.05, 0) is 18.2 Å². The van der Waals surface area contributed by atoms with Crippen molar-refractivity contribution in [1.29, 1.82) is 0 Å². The number of ether oxygens (including phenoxy) is 1. The van der Waals surface area contributed by atoms with Crippen LogP contribution < -0.4 is 11.1 Å². The summed E-state index contributed by atoms with van der Waals surface area (Å²) < 4.78 is 28.1. The number of anilines is 2. The third-order valence-corrected chi connectivity index (χ3v) is 2.11. The number of hydrogen-bond acceptors (Lipinski definition) is 3. The molecule has 6 heteroatoms. The highest BCUT2D eigenvalue weighted by Gasteiger charge is 2.02. The second kappa shape index (κ2) is 6.50. The first-order chi connectivity index (χ1) is 7.59. The van der Waals surface area contributed by atoms with Gasteiger partial charge in [0, 0.05) is 12.2 Å². The lowest BCUT2D eigenvalue weighted by Crippen LogP contribution is -2.13. The molecule has 0 fully saturated rings. The van der Waals surface area contributed by atoms with Crippen LogP contribution in [0, 0.1) is 0 Å². The highest BCUT2D eigenvalue weighted by atomic mass is 35.5. The van der Waals surface area contributed by atoms with Crippen molar-refractivity contribution >= 4 is 23.0 Å². The van der Waals surface area contributed by atoms with Gasteiger partial charge in [0.15, 0.2) is 0 Å². The molecule has 0 radical (unpaired) electrons. The van der Waals surface area contributed by atoms with Crippen LogP contribution in [-0.2, 0) is 4.74 Å². The maximum absolute atomic E-state index is 11.7. The van der Waals surface area contributed by atoms with Crippen molar-refractivity contribution in [3.8, 4) is 0 Å². The van der Waals surface area contributed by atoms with Crippen molar-refractivity contribution in [2.45, 2.75) is 6.43 Å². The Morgan fingerprint density at radius 3 is 2.81 bits per heavy atom. The van der Waals surface area contributed by atoms with Gasteiger partial charge in [-0.15, -0.1) is 0 Å². The number of nitrogens with two attached hydrogens (primary N) is 1. The van der Waals surface area contributed by atoms with Crippen molar-refractivity contribution in [1.82, 2.24) is 0 Å². The molecule has 0 saturated heterocycles. The minimum absolute atomic E-state index is 0.199. The van der Waals surface area contributed by atoms with Gasteiger partial charge >= 0.3 is 0 Å². The van der Waals surface area contributed by atoms with Crippen LogP contribution in [0.25, 0.3) is 0 Å². The number of benzene rings is 1. The molecular formula is C10H13ClF2N2O. The van der Waals surface area contributed by atoms with Gasteiger partial charge in [0.25, 0.3) is 6.43 Å². The lowest BCUT2D eigenvalue weighted by Gasteiger charge is -2.09. The number of nitrogen functional groups attached to an aromatic ring is 1. The Morgan fingerprint density at radius 2 is 2.19 bits per heavy atom. The Labute approximate surface area is 97.5 Å². The van der Waals surface area contributed by atoms with Crippen molar-refractivity contribution in [3.05, 3.63) is 23.2 Å². The molecule has 3 N–H and O–H groups in total. The lowest BCUT2D eigenvalue weighted by molar-refractivity contribution is 0.0215. The molecule has 3 nitrogen and oxygen atoms in total. The summed E-state index contributed by atoms with van der Waals surface area (Å²) in [5.74, 6) is 0. The van der Waals surface area contributed by atoms with Gasteiger partial charge in [-0.1, -0.05) is 11.6 Å². The van der Waals surface area contributed by atoms with Gasteiger partial charge < -0.3 is 15.8 Å². The molecule has 0 aliphatic heterocycles. The average Bonchev–Trinajstić information content (AvgIpc) is 2.20. The molecule has 0 spiro atoms. The van der Waals surface area contributed by atoms with Gasteiger partial charge in [0.1, 0.15) is 6.61 Å². The molecule has 0 atom stereocenters. The summed E-state index contributed by atoms with van der Waals surface area (Å²) >= 11 is 5.89. The van der Waals surface area contributed by atoms with Crippen LogP contribution in [0.1, 0.15) is 0 Å². The lowest BCUT2D eigenvalue weighted by atomic mass is 10.3. The van der Waals surface area contributed by atoms with Gasteiger partial charge in [0.2, 0.25) is 0 Å². The van der Waals surface area contributed by atoms with Crippen LogP contribution in [0.5, 0.6) is 0 Å². The second-order valence-electron chi connectivity index (χ2n) is 3.13. The highest BCUT2D eigenvalue weighted by molar-refractivity contribution is 6.33. The zero-order valence-electron chi connectivity index (χ0n) is 8.55. The molecule has 90 valence electrons. The minimum Gasteiger partial charge on any atom is -0.399 e. The van der Waals surface area contributed by atoms with Crippen molar-refractivity contribution in [3.63, 3.8) is 0 Å². The Balaban J connectivity index is 2.27. The topological polar surface area (TPSA) is 47.3 Å². The largest absolute Gasteiger partial charge is 0.399 e. The molecule has 0 heterocycles. The summed E-state index contributed by atoms with van der Waals surface area (Å²) in [4.78, 5) is 0. The highest BCUT2D eigenvalue weighted by Crippen LogP contribution is 2.23. The predicted octanol–water partition coefficient (Wildman–Crippen LogP) is 2.62. The molecule has 0 unspecified atom stereocenters. The summed E-state index contributed by atoms with van der Waals surface area (Å²) in [6.07, 6.45) is -2.43. The number of alkyl halides is 2. The number of nitrogens with one attached hydrogen (secondary N) is 1. The van der Waals surface area contributed by atoms with Gasteiger partial charge in [-0.3, -0.25) is 0 Å². The molecule has 0 aromatic heterocycles. The first-order valence-corrected chi connectivity index (χ1v) is 5.12. The Hall–Kier alpha value is -1.07. The van der Waals surface area contributed by atoms with Crippen LogP contribution in [0.4, 0.5) is 20.2 Å². The van der Waals surface area contributed by atoms with Gasteiger partial charge in [0.05, 0.1) is 17.3 Å². The molecule has 0 saturated carbocycles. The van der Waals surface area contributed by atoms with Crippen molar-refractivity contribution in [2.75, 3.05) is 30.8 Å². The van der Waals surface area contributed by atoms with Gasteiger partial charge in [-0.25, -0.2) is 8.78 Å². The summed E-state index contributed by atoms with van der Waals surface area (Å²) in [6.45, 7) is 0.0680. The van der Waals surface area contributed by atoms with E-state index in [1.165, 1.54) is 0 Å². The van der Waals surface area contributed by atoms with Crippen LogP contribution in [0.15, 0.2) is 18.2 Å². The molecule has 1 aromatic carbocycles. The van der Waals surface area contributed by atoms with E-state index in [2.05, 4.69) is 5.32 Å². The van der Waals surface area contributed by atoms with E-state index in [0.29, 0.717) is 22.9 Å². The average molecular weight is 251 g/mol. The smallest absolute Gasteiger partial charge is 0.261 e. The van der Waals surface area contributed by atoms with Crippen molar-refractivity contribution in [2.24, 2.45) is 0 Å². The standard InChI is InChI=1S/C10H13ClF2N2O/c11-8-5-7(14)1-2-9(8)15-3-4-16-6-10(12)13/h1-2,5,10,15H,3-4,6,14H2. The first kappa shape index (κ1) is 13.0. The summed E-state index contributed by atoms with van der Waals surface area (Å²) in [5.41, 5.74) is 6.80. The van der Waals surface area contributed by atoms with Crippen LogP contribution in [0.2, 0.25) is 5.02 Å². The van der Waals surface area contributed by atoms with Gasteiger partial charge in [-0.2, -0.15) is 0 Å². The number of halogens is 3. The molecular weight excluding hydrogens is 238 g/mol. The third-order valence-electron chi connectivity index (χ3n) is 1.80. The summed E-state index contributed by atoms with van der Waals surface area (Å²) in [5, 5.41) is 3.45. The van der Waals surface area contributed by atoms with E-state index in [9.17, 15) is 8.78 Å². The number of hydrogen-bond donors (Lipinski definition) is 2. The molecule has 0 bridgehead atoms. The fourth-order valence-electron chi connectivity index (χ4n) is 1.11. The third kappa shape index (κ3) is 4.63. The first-order valence-electron chi connectivity index (χ1n) is 4.74. The molecule has 16 heavy (non-hydrogen) atoms. The Morgan fingerprint density at radius 1 is 1.44 bits per heavy atom. The SMILES string of the molecule is Nc1ccc(NCCOCC(F)F)c(Cl)c1. The van der Waals surface area contributed by atoms with E-state index < -0.39 is 13.0 Å². The van der Waals surface area contributed by atoms with E-state index in [1.807, 2.05) is 0 Å².